The second-order valence-electron chi connectivity index (χ2n) is 20.2. The van der Waals surface area contributed by atoms with Gasteiger partial charge in [0.05, 0.1) is 23.4 Å². The number of rotatable bonds is 23. The van der Waals surface area contributed by atoms with Gasteiger partial charge in [-0.15, -0.1) is 0 Å². The van der Waals surface area contributed by atoms with Gasteiger partial charge in [0.2, 0.25) is 17.8 Å². The number of carbonyl (C=O) groups excluding carboxylic acids is 4. The molecule has 2 saturated heterocycles. The van der Waals surface area contributed by atoms with Gasteiger partial charge in [-0.3, -0.25) is 29.4 Å². The number of anilines is 2. The topological polar surface area (TPSA) is 143 Å². The molecule has 3 unspecified atom stereocenters. The van der Waals surface area contributed by atoms with Gasteiger partial charge in [0.1, 0.15) is 24.1 Å². The average molecular weight is 911 g/mol. The molecule has 0 radical (unpaired) electrons. The van der Waals surface area contributed by atoms with Crippen molar-refractivity contribution >= 4 is 35.3 Å². The summed E-state index contributed by atoms with van der Waals surface area (Å²) in [7, 11) is 0. The van der Waals surface area contributed by atoms with Crippen LogP contribution < -0.4 is 25.0 Å². The predicted octanol–water partition coefficient (Wildman–Crippen LogP) is 10.6. The van der Waals surface area contributed by atoms with Crippen LogP contribution in [0.3, 0.4) is 0 Å². The van der Waals surface area contributed by atoms with Crippen molar-refractivity contribution < 1.29 is 28.7 Å². The van der Waals surface area contributed by atoms with Crippen molar-refractivity contribution in [1.82, 2.24) is 20.2 Å². The van der Waals surface area contributed by atoms with E-state index >= 15 is 0 Å². The molecule has 12 heteroatoms. The third kappa shape index (κ3) is 11.9. The Morgan fingerprint density at radius 2 is 1.39 bits per heavy atom. The summed E-state index contributed by atoms with van der Waals surface area (Å²) in [6.45, 7) is 11.0. The van der Waals surface area contributed by atoms with E-state index in [0.717, 1.165) is 85.2 Å². The number of nitrogens with zero attached hydrogens (tertiary/aromatic N) is 4. The number of aromatic nitrogens is 2. The van der Waals surface area contributed by atoms with Gasteiger partial charge >= 0.3 is 0 Å². The van der Waals surface area contributed by atoms with E-state index in [1.54, 1.807) is 18.2 Å². The monoisotopic (exact) mass is 911 g/mol. The fourth-order valence-electron chi connectivity index (χ4n) is 10.7. The lowest BCUT2D eigenvalue weighted by molar-refractivity contribution is -0.136. The summed E-state index contributed by atoms with van der Waals surface area (Å²) < 4.78 is 12.3. The van der Waals surface area contributed by atoms with Crippen LogP contribution in [0.5, 0.6) is 11.5 Å². The van der Waals surface area contributed by atoms with Crippen LogP contribution in [-0.2, 0) is 21.6 Å². The van der Waals surface area contributed by atoms with Crippen molar-refractivity contribution in [3.05, 3.63) is 107 Å². The normalized spacial score (nSPS) is 20.5. The van der Waals surface area contributed by atoms with E-state index in [0.29, 0.717) is 23.1 Å². The minimum atomic E-state index is -0.952. The van der Waals surface area contributed by atoms with Crippen molar-refractivity contribution in [1.29, 1.82) is 0 Å². The van der Waals surface area contributed by atoms with E-state index in [4.69, 9.17) is 14.5 Å². The number of imide groups is 2. The van der Waals surface area contributed by atoms with Gasteiger partial charge in [-0.1, -0.05) is 109 Å². The minimum Gasteiger partial charge on any atom is -0.494 e. The molecule has 2 N–H and O–H groups in total. The molecule has 3 fully saturated rings. The Balaban J connectivity index is 0.642. The highest BCUT2D eigenvalue weighted by Gasteiger charge is 2.45. The van der Waals surface area contributed by atoms with Crippen LogP contribution in [0.2, 0.25) is 0 Å². The standard InChI is InChI=1S/C55H70N6O6/c1-39-27-29-55(36-39)30-33-60(38-55)53-57-32-28-43(58-53)37-67-45-22-17-41(18-23-45)54(2,3)40-15-20-44(21-16-40)66-34-14-12-10-8-6-4-5-7-9-11-13-31-56-42-19-24-46-47(35-42)52(65)61(51(46)64)48-25-26-49(62)59-50(48)63/h15-24,28,32,35,39,48,56H,4-14,25-27,29-31,33-34,36-38H2,1-3H3,(H,59,62,63). The molecule has 0 bridgehead atoms. The van der Waals surface area contributed by atoms with E-state index in [9.17, 15) is 19.2 Å². The maximum Gasteiger partial charge on any atom is 0.262 e. The molecule has 1 spiro atoms. The number of piperidine rings is 1. The molecule has 4 aliphatic rings. The molecule has 4 aromatic rings. The molecule has 3 atom stereocenters. The molecule has 1 aromatic heterocycles. The molecular weight excluding hydrogens is 841 g/mol. The smallest absolute Gasteiger partial charge is 0.262 e. The van der Waals surface area contributed by atoms with Crippen LogP contribution in [-0.4, -0.2) is 70.8 Å². The summed E-state index contributed by atoms with van der Waals surface area (Å²) in [4.78, 5) is 62.8. The summed E-state index contributed by atoms with van der Waals surface area (Å²) in [6.07, 6.45) is 20.5. The summed E-state index contributed by atoms with van der Waals surface area (Å²) in [5.41, 5.74) is 5.03. The molecule has 8 rings (SSSR count). The Morgan fingerprint density at radius 1 is 0.746 bits per heavy atom. The SMILES string of the molecule is CC1CCC2(CCN(c3nccc(COc4ccc(C(C)(C)c5ccc(OCCCCCCCCCCCCCNc6ccc7c(c6)C(=O)N(C6CCC(=O)NC6=O)C7=O)cc5)cc4)n3)C2)C1. The molecule has 12 nitrogen and oxygen atoms in total. The Kier molecular flexibility index (Phi) is 15.6. The van der Waals surface area contributed by atoms with Crippen molar-refractivity contribution in [2.75, 3.05) is 36.5 Å². The lowest BCUT2D eigenvalue weighted by Crippen LogP contribution is -2.54. The van der Waals surface area contributed by atoms with E-state index < -0.39 is 23.8 Å². The molecule has 1 aliphatic carbocycles. The second kappa shape index (κ2) is 21.9. The van der Waals surface area contributed by atoms with Crippen molar-refractivity contribution in [3.8, 4) is 11.5 Å². The Labute approximate surface area is 397 Å². The van der Waals surface area contributed by atoms with Gasteiger partial charge in [-0.2, -0.15) is 0 Å². The summed E-state index contributed by atoms with van der Waals surface area (Å²) in [5.74, 6) is 1.47. The molecule has 356 valence electrons. The zero-order valence-corrected chi connectivity index (χ0v) is 40.0. The number of benzene rings is 3. The van der Waals surface area contributed by atoms with Gasteiger partial charge in [-0.05, 0) is 110 Å². The van der Waals surface area contributed by atoms with E-state index in [2.05, 4.69) is 89.8 Å². The Bertz CT molecular complexity index is 2350. The number of hydrogen-bond donors (Lipinski definition) is 2. The van der Waals surface area contributed by atoms with Gasteiger partial charge < -0.3 is 19.7 Å². The molecular formula is C55H70N6O6. The summed E-state index contributed by atoms with van der Waals surface area (Å²) in [6, 6.07) is 23.2. The molecule has 4 heterocycles. The predicted molar refractivity (Wildman–Crippen MR) is 262 cm³/mol. The molecule has 3 aliphatic heterocycles. The van der Waals surface area contributed by atoms with Gasteiger partial charge in [-0.25, -0.2) is 9.97 Å². The third-order valence-electron chi connectivity index (χ3n) is 14.8. The highest BCUT2D eigenvalue weighted by molar-refractivity contribution is 6.23. The van der Waals surface area contributed by atoms with Crippen molar-refractivity contribution in [2.24, 2.45) is 11.3 Å². The zero-order valence-electron chi connectivity index (χ0n) is 40.0. The van der Waals surface area contributed by atoms with Gasteiger partial charge in [0.15, 0.2) is 0 Å². The first-order chi connectivity index (χ1) is 32.5. The quantitative estimate of drug-likeness (QED) is 0.0545. The van der Waals surface area contributed by atoms with Gasteiger partial charge in [0, 0.05) is 43.4 Å². The van der Waals surface area contributed by atoms with Crippen LogP contribution >= 0.6 is 0 Å². The zero-order chi connectivity index (χ0) is 46.8. The van der Waals surface area contributed by atoms with Crippen LogP contribution in [0, 0.1) is 11.3 Å². The average Bonchev–Trinajstić information content (AvgIpc) is 4.00. The fraction of sp³-hybridized carbons (Fsp3) is 0.527. The van der Waals surface area contributed by atoms with Crippen LogP contribution in [0.15, 0.2) is 79.0 Å². The first-order valence-corrected chi connectivity index (χ1v) is 25.1. The highest BCUT2D eigenvalue weighted by Crippen LogP contribution is 2.48. The number of ether oxygens (including phenoxy) is 2. The van der Waals surface area contributed by atoms with E-state index in [1.165, 1.54) is 88.2 Å². The van der Waals surface area contributed by atoms with Crippen molar-refractivity contribution in [3.63, 3.8) is 0 Å². The number of carbonyl (C=O) groups is 4. The van der Waals surface area contributed by atoms with E-state index in [1.807, 2.05) is 12.3 Å². The fourth-order valence-corrected chi connectivity index (χ4v) is 10.7. The summed E-state index contributed by atoms with van der Waals surface area (Å²) >= 11 is 0. The number of amides is 4. The van der Waals surface area contributed by atoms with Gasteiger partial charge in [0.25, 0.3) is 11.8 Å². The first kappa shape index (κ1) is 47.7. The van der Waals surface area contributed by atoms with Crippen molar-refractivity contribution in [2.45, 2.75) is 148 Å². The third-order valence-corrected chi connectivity index (χ3v) is 14.8. The largest absolute Gasteiger partial charge is 0.494 e. The summed E-state index contributed by atoms with van der Waals surface area (Å²) in [5, 5.41) is 5.61. The molecule has 3 aromatic carbocycles. The Morgan fingerprint density at radius 3 is 2.04 bits per heavy atom. The lowest BCUT2D eigenvalue weighted by atomic mass is 9.78. The number of fused-ring (bicyclic) bond motifs is 1. The maximum absolute atomic E-state index is 13.1. The lowest BCUT2D eigenvalue weighted by Gasteiger charge is -2.27. The Hall–Kier alpha value is -5.78. The molecule has 67 heavy (non-hydrogen) atoms. The number of nitrogens with one attached hydrogen (secondary N) is 2. The molecule has 1 saturated carbocycles. The first-order valence-electron chi connectivity index (χ1n) is 25.1. The van der Waals surface area contributed by atoms with Crippen LogP contribution in [0.25, 0.3) is 0 Å². The molecule has 4 amide bonds. The second-order valence-corrected chi connectivity index (χ2v) is 20.2. The van der Waals surface area contributed by atoms with E-state index in [-0.39, 0.29) is 24.2 Å². The van der Waals surface area contributed by atoms with Crippen LogP contribution in [0.4, 0.5) is 11.6 Å². The number of unbranched alkanes of at least 4 members (excludes halogenated alkanes) is 10. The minimum absolute atomic E-state index is 0.105. The number of hydrogen-bond acceptors (Lipinski definition) is 10. The maximum atomic E-state index is 13.1. The van der Waals surface area contributed by atoms with Crippen LogP contribution in [0.1, 0.15) is 167 Å². The highest BCUT2D eigenvalue weighted by atomic mass is 16.5.